The first-order valence-corrected chi connectivity index (χ1v) is 10.1. The highest BCUT2D eigenvalue weighted by Gasteiger charge is 2.21. The molecule has 4 aromatic heterocycles. The van der Waals surface area contributed by atoms with Crippen LogP contribution < -0.4 is 10.2 Å². The summed E-state index contributed by atoms with van der Waals surface area (Å²) in [5.41, 5.74) is 5.03. The van der Waals surface area contributed by atoms with Crippen molar-refractivity contribution in [1.29, 1.82) is 0 Å². The molecule has 0 bridgehead atoms. The molecule has 4 aromatic rings. The monoisotopic (exact) mass is 404 g/mol. The van der Waals surface area contributed by atoms with Crippen molar-refractivity contribution >= 4 is 23.1 Å². The number of nitrogens with zero attached hydrogens (tertiary/aromatic N) is 6. The fourth-order valence-electron chi connectivity index (χ4n) is 3.76. The first-order valence-electron chi connectivity index (χ1n) is 10.1. The lowest BCUT2D eigenvalue weighted by Crippen LogP contribution is -2.37. The van der Waals surface area contributed by atoms with E-state index >= 15 is 0 Å². The Balaban J connectivity index is 1.61. The second-order valence-electron chi connectivity index (χ2n) is 7.50. The molecule has 0 aromatic carbocycles. The predicted molar refractivity (Wildman–Crippen MR) is 114 cm³/mol. The quantitative estimate of drug-likeness (QED) is 0.528. The minimum Gasteiger partial charge on any atom is -0.378 e. The number of nitrogens with one attached hydrogen (secondary N) is 2. The van der Waals surface area contributed by atoms with Gasteiger partial charge in [-0.05, 0) is 25.5 Å². The molecule has 0 aliphatic carbocycles. The minimum absolute atomic E-state index is 0.702. The number of morpholine rings is 1. The number of pyridine rings is 1. The number of fused-ring (bicyclic) bond motifs is 1. The van der Waals surface area contributed by atoms with Crippen LogP contribution in [0.15, 0.2) is 36.7 Å². The minimum atomic E-state index is 0.702. The van der Waals surface area contributed by atoms with Gasteiger partial charge in [-0.3, -0.25) is 10.1 Å². The average Bonchev–Trinajstić information content (AvgIpc) is 3.32. The van der Waals surface area contributed by atoms with Crippen LogP contribution in [0.4, 0.5) is 17.5 Å². The number of hydrogen-bond acceptors (Lipinski definition) is 7. The summed E-state index contributed by atoms with van der Waals surface area (Å²) >= 11 is 0. The molecular formula is C21H24N8O. The van der Waals surface area contributed by atoms with E-state index in [1.54, 1.807) is 6.20 Å². The summed E-state index contributed by atoms with van der Waals surface area (Å²) in [4.78, 5) is 11.4. The van der Waals surface area contributed by atoms with Gasteiger partial charge in [-0.15, -0.1) is 0 Å². The van der Waals surface area contributed by atoms with Crippen LogP contribution in [0.25, 0.3) is 5.65 Å². The summed E-state index contributed by atoms with van der Waals surface area (Å²) in [5.74, 6) is 2.48. The molecule has 2 N–H and O–H groups in total. The molecule has 154 valence electrons. The molecule has 1 aliphatic heterocycles. The number of aryl methyl sites for hydroxylation is 2. The zero-order chi connectivity index (χ0) is 20.5. The van der Waals surface area contributed by atoms with E-state index in [2.05, 4.69) is 31.5 Å². The van der Waals surface area contributed by atoms with Crippen LogP contribution in [-0.4, -0.2) is 56.1 Å². The maximum absolute atomic E-state index is 5.55. The van der Waals surface area contributed by atoms with Crippen LogP contribution >= 0.6 is 0 Å². The maximum atomic E-state index is 5.55. The van der Waals surface area contributed by atoms with E-state index in [9.17, 15) is 0 Å². The smallest absolute Gasteiger partial charge is 0.163 e. The molecule has 1 saturated heterocycles. The summed E-state index contributed by atoms with van der Waals surface area (Å²) in [6, 6.07) is 8.02. The highest BCUT2D eigenvalue weighted by molar-refractivity contribution is 5.66. The largest absolute Gasteiger partial charge is 0.378 e. The third-order valence-electron chi connectivity index (χ3n) is 5.27. The molecule has 1 fully saturated rings. The topological polar surface area (TPSA) is 96.3 Å². The van der Waals surface area contributed by atoms with Crippen molar-refractivity contribution in [1.82, 2.24) is 29.8 Å². The number of aromatic nitrogens is 6. The van der Waals surface area contributed by atoms with Gasteiger partial charge in [-0.2, -0.15) is 14.7 Å². The summed E-state index contributed by atoms with van der Waals surface area (Å²) in [5, 5.41) is 15.4. The number of anilines is 3. The summed E-state index contributed by atoms with van der Waals surface area (Å²) in [6.45, 7) is 7.05. The number of aromatic amines is 1. The molecular weight excluding hydrogens is 380 g/mol. The number of H-pyrrole nitrogens is 1. The van der Waals surface area contributed by atoms with E-state index in [4.69, 9.17) is 14.8 Å². The van der Waals surface area contributed by atoms with Crippen LogP contribution in [0.1, 0.15) is 22.5 Å². The Morgan fingerprint density at radius 1 is 1.17 bits per heavy atom. The van der Waals surface area contributed by atoms with Crippen molar-refractivity contribution in [2.75, 3.05) is 36.5 Å². The fourth-order valence-corrected chi connectivity index (χ4v) is 3.76. The van der Waals surface area contributed by atoms with Crippen LogP contribution in [0.3, 0.4) is 0 Å². The van der Waals surface area contributed by atoms with Crippen molar-refractivity contribution in [2.45, 2.75) is 20.3 Å². The van der Waals surface area contributed by atoms with Gasteiger partial charge in [0.1, 0.15) is 11.6 Å². The lowest BCUT2D eigenvalue weighted by Gasteiger charge is -2.29. The van der Waals surface area contributed by atoms with E-state index in [0.717, 1.165) is 65.1 Å². The van der Waals surface area contributed by atoms with Crippen molar-refractivity contribution in [3.8, 4) is 0 Å². The van der Waals surface area contributed by atoms with E-state index < -0.39 is 0 Å². The molecule has 30 heavy (non-hydrogen) atoms. The zero-order valence-corrected chi connectivity index (χ0v) is 17.1. The van der Waals surface area contributed by atoms with Crippen molar-refractivity contribution in [2.24, 2.45) is 0 Å². The third-order valence-corrected chi connectivity index (χ3v) is 5.27. The molecule has 0 saturated carbocycles. The zero-order valence-electron chi connectivity index (χ0n) is 17.1. The molecule has 0 unspecified atom stereocenters. The Bertz CT molecular complexity index is 1160. The average molecular weight is 404 g/mol. The SMILES string of the molecule is Cc1cc(Nc2cc(N3CCOCC3)n3nc(C)c(Cc4cccnc4)c3n2)n[nH]1. The fraction of sp³-hybridized carbons (Fsp3) is 0.333. The van der Waals surface area contributed by atoms with Crippen molar-refractivity contribution in [3.05, 3.63) is 59.2 Å². The maximum Gasteiger partial charge on any atom is 0.163 e. The summed E-state index contributed by atoms with van der Waals surface area (Å²) in [6.07, 6.45) is 4.40. The molecule has 9 nitrogen and oxygen atoms in total. The van der Waals surface area contributed by atoms with Gasteiger partial charge in [0.2, 0.25) is 0 Å². The van der Waals surface area contributed by atoms with E-state index in [-0.39, 0.29) is 0 Å². The Labute approximate surface area is 174 Å². The number of rotatable bonds is 5. The van der Waals surface area contributed by atoms with Crippen LogP contribution in [0, 0.1) is 13.8 Å². The second kappa shape index (κ2) is 7.75. The number of ether oxygens (including phenoxy) is 1. The molecule has 0 spiro atoms. The standard InChI is InChI=1S/C21H24N8O/c1-14-10-19(26-25-14)23-18-12-20(28-6-8-30-9-7-28)29-21(24-18)17(15(2)27-29)11-16-4-3-5-22-13-16/h3-5,10,12-13H,6-9,11H2,1-2H3,(H2,23,24,25,26). The van der Waals surface area contributed by atoms with Gasteiger partial charge in [0.05, 0.1) is 18.9 Å². The highest BCUT2D eigenvalue weighted by Crippen LogP contribution is 2.27. The Hall–Kier alpha value is -3.46. The van der Waals surface area contributed by atoms with Gasteiger partial charge < -0.3 is 15.0 Å². The Morgan fingerprint density at radius 3 is 2.77 bits per heavy atom. The molecule has 0 amide bonds. The normalized spacial score (nSPS) is 14.4. The lowest BCUT2D eigenvalue weighted by atomic mass is 10.1. The molecule has 0 atom stereocenters. The Kier molecular flexibility index (Phi) is 4.80. The van der Waals surface area contributed by atoms with E-state index in [0.29, 0.717) is 13.2 Å². The third kappa shape index (κ3) is 3.59. The molecule has 0 radical (unpaired) electrons. The Morgan fingerprint density at radius 2 is 2.03 bits per heavy atom. The summed E-state index contributed by atoms with van der Waals surface area (Å²) in [7, 11) is 0. The van der Waals surface area contributed by atoms with E-state index in [1.807, 2.05) is 42.8 Å². The van der Waals surface area contributed by atoms with Gasteiger partial charge in [0.25, 0.3) is 0 Å². The van der Waals surface area contributed by atoms with Gasteiger partial charge >= 0.3 is 0 Å². The van der Waals surface area contributed by atoms with Gasteiger partial charge in [0, 0.05) is 55.3 Å². The molecule has 5 rings (SSSR count). The van der Waals surface area contributed by atoms with Crippen LogP contribution in [-0.2, 0) is 11.2 Å². The molecule has 1 aliphatic rings. The van der Waals surface area contributed by atoms with Crippen LogP contribution in [0.2, 0.25) is 0 Å². The van der Waals surface area contributed by atoms with E-state index in [1.165, 1.54) is 0 Å². The van der Waals surface area contributed by atoms with Gasteiger partial charge in [-0.1, -0.05) is 6.07 Å². The molecule has 5 heterocycles. The highest BCUT2D eigenvalue weighted by atomic mass is 16.5. The summed E-state index contributed by atoms with van der Waals surface area (Å²) < 4.78 is 7.50. The first-order chi connectivity index (χ1) is 14.7. The molecule has 9 heteroatoms. The number of hydrogen-bond donors (Lipinski definition) is 2. The second-order valence-corrected chi connectivity index (χ2v) is 7.50. The van der Waals surface area contributed by atoms with Crippen molar-refractivity contribution in [3.63, 3.8) is 0 Å². The van der Waals surface area contributed by atoms with Gasteiger partial charge in [0.15, 0.2) is 11.5 Å². The predicted octanol–water partition coefficient (Wildman–Crippen LogP) is 2.64. The van der Waals surface area contributed by atoms with Crippen LogP contribution in [0.5, 0.6) is 0 Å². The van der Waals surface area contributed by atoms with Gasteiger partial charge in [-0.25, -0.2) is 4.98 Å². The first kappa shape index (κ1) is 18.6. The lowest BCUT2D eigenvalue weighted by molar-refractivity contribution is 0.122. The van der Waals surface area contributed by atoms with Crippen molar-refractivity contribution < 1.29 is 4.74 Å².